The number of rotatable bonds is 0. The van der Waals surface area contributed by atoms with E-state index in [0.717, 1.165) is 16.6 Å². The van der Waals surface area contributed by atoms with Crippen LogP contribution in [0.4, 0.5) is 0 Å². The molecule has 0 spiro atoms. The standard InChI is InChI=1S/C9H8BrO/c1-6-5-7-3-2-4-8(10)9(7)11-6/h2-4,6H,1,5H2. The zero-order valence-corrected chi connectivity index (χ0v) is 7.60. The zero-order valence-electron chi connectivity index (χ0n) is 6.01. The summed E-state index contributed by atoms with van der Waals surface area (Å²) in [4.78, 5) is 0. The minimum absolute atomic E-state index is 0.0868. The first-order valence-electron chi connectivity index (χ1n) is 3.54. The van der Waals surface area contributed by atoms with E-state index in [1.807, 2.05) is 12.1 Å². The Hall–Kier alpha value is -0.500. The molecule has 1 aliphatic heterocycles. The number of hydrogen-bond acceptors (Lipinski definition) is 1. The average molecular weight is 212 g/mol. The van der Waals surface area contributed by atoms with Gasteiger partial charge in [-0.15, -0.1) is 0 Å². The fraction of sp³-hybridized carbons (Fsp3) is 0.222. The third kappa shape index (κ3) is 1.16. The number of para-hydroxylation sites is 1. The van der Waals surface area contributed by atoms with Gasteiger partial charge in [-0.25, -0.2) is 0 Å². The molecule has 0 aromatic heterocycles. The van der Waals surface area contributed by atoms with Crippen molar-refractivity contribution < 1.29 is 4.74 Å². The Balaban J connectivity index is 2.49. The van der Waals surface area contributed by atoms with Gasteiger partial charge >= 0.3 is 0 Å². The predicted octanol–water partition coefficient (Wildman–Crippen LogP) is 2.59. The summed E-state index contributed by atoms with van der Waals surface area (Å²) in [5.74, 6) is 0.965. The van der Waals surface area contributed by atoms with Gasteiger partial charge < -0.3 is 4.74 Å². The van der Waals surface area contributed by atoms with E-state index in [0.29, 0.717) is 0 Å². The highest BCUT2D eigenvalue weighted by Gasteiger charge is 2.20. The molecule has 11 heavy (non-hydrogen) atoms. The minimum atomic E-state index is 0.0868. The second kappa shape index (κ2) is 2.52. The second-order valence-corrected chi connectivity index (χ2v) is 3.53. The van der Waals surface area contributed by atoms with Crippen molar-refractivity contribution in [1.29, 1.82) is 0 Å². The molecule has 0 fully saturated rings. The lowest BCUT2D eigenvalue weighted by Gasteiger charge is -2.03. The number of hydrogen-bond donors (Lipinski definition) is 0. The van der Waals surface area contributed by atoms with Gasteiger partial charge in [0.05, 0.1) is 4.47 Å². The summed E-state index contributed by atoms with van der Waals surface area (Å²) in [7, 11) is 0. The van der Waals surface area contributed by atoms with Crippen molar-refractivity contribution in [3.8, 4) is 5.75 Å². The number of halogens is 1. The lowest BCUT2D eigenvalue weighted by molar-refractivity contribution is 0.279. The molecule has 1 nitrogen and oxygen atoms in total. The number of benzene rings is 1. The van der Waals surface area contributed by atoms with E-state index in [1.165, 1.54) is 5.56 Å². The van der Waals surface area contributed by atoms with Crippen LogP contribution in [0.15, 0.2) is 22.7 Å². The maximum absolute atomic E-state index is 5.48. The van der Waals surface area contributed by atoms with Gasteiger partial charge in [0, 0.05) is 6.42 Å². The fourth-order valence-electron chi connectivity index (χ4n) is 1.30. The molecule has 0 bridgehead atoms. The van der Waals surface area contributed by atoms with Crippen LogP contribution >= 0.6 is 15.9 Å². The Morgan fingerprint density at radius 3 is 3.09 bits per heavy atom. The van der Waals surface area contributed by atoms with Crippen LogP contribution in [0.25, 0.3) is 0 Å². The first-order valence-corrected chi connectivity index (χ1v) is 4.34. The van der Waals surface area contributed by atoms with Crippen molar-refractivity contribution in [2.24, 2.45) is 0 Å². The second-order valence-electron chi connectivity index (χ2n) is 2.67. The molecular formula is C9H8BrO. The summed E-state index contributed by atoms with van der Waals surface area (Å²) >= 11 is 3.42. The Bertz CT molecular complexity index is 283. The van der Waals surface area contributed by atoms with E-state index < -0.39 is 0 Å². The third-order valence-electron chi connectivity index (χ3n) is 1.78. The molecule has 1 heterocycles. The topological polar surface area (TPSA) is 9.23 Å². The van der Waals surface area contributed by atoms with Crippen LogP contribution in [0.1, 0.15) is 5.56 Å². The van der Waals surface area contributed by atoms with E-state index in [1.54, 1.807) is 0 Å². The van der Waals surface area contributed by atoms with Gasteiger partial charge in [-0.1, -0.05) is 12.1 Å². The molecule has 1 atom stereocenters. The molecule has 2 rings (SSSR count). The van der Waals surface area contributed by atoms with Gasteiger partial charge in [0.2, 0.25) is 0 Å². The highest BCUT2D eigenvalue weighted by molar-refractivity contribution is 9.10. The Morgan fingerprint density at radius 2 is 2.36 bits per heavy atom. The summed E-state index contributed by atoms with van der Waals surface area (Å²) in [6.07, 6.45) is 1.01. The lowest BCUT2D eigenvalue weighted by atomic mass is 10.1. The summed E-state index contributed by atoms with van der Waals surface area (Å²) in [5, 5.41) is 0. The average Bonchev–Trinajstić information content (AvgIpc) is 2.31. The van der Waals surface area contributed by atoms with Gasteiger partial charge in [-0.3, -0.25) is 0 Å². The molecule has 57 valence electrons. The molecule has 0 aliphatic carbocycles. The van der Waals surface area contributed by atoms with Crippen LogP contribution in [-0.4, -0.2) is 6.10 Å². The van der Waals surface area contributed by atoms with Gasteiger partial charge in [0.15, 0.2) is 0 Å². The van der Waals surface area contributed by atoms with E-state index in [2.05, 4.69) is 28.9 Å². The number of fused-ring (bicyclic) bond motifs is 1. The Morgan fingerprint density at radius 1 is 1.55 bits per heavy atom. The molecular weight excluding hydrogens is 204 g/mol. The predicted molar refractivity (Wildman–Crippen MR) is 47.6 cm³/mol. The minimum Gasteiger partial charge on any atom is -0.489 e. The van der Waals surface area contributed by atoms with Crippen molar-refractivity contribution in [3.05, 3.63) is 35.2 Å². The van der Waals surface area contributed by atoms with Gasteiger partial charge in [-0.05, 0) is 34.5 Å². The molecule has 0 amide bonds. The van der Waals surface area contributed by atoms with Crippen LogP contribution in [0.5, 0.6) is 5.75 Å². The molecule has 0 saturated carbocycles. The number of ether oxygens (including phenoxy) is 1. The first-order chi connectivity index (χ1) is 5.27. The van der Waals surface area contributed by atoms with Crippen molar-refractivity contribution in [1.82, 2.24) is 0 Å². The molecule has 1 unspecified atom stereocenters. The summed E-state index contributed by atoms with van der Waals surface area (Å²) in [6.45, 7) is 3.85. The van der Waals surface area contributed by atoms with Crippen LogP contribution in [0, 0.1) is 6.92 Å². The lowest BCUT2D eigenvalue weighted by Crippen LogP contribution is -2.05. The van der Waals surface area contributed by atoms with Gasteiger partial charge in [-0.2, -0.15) is 0 Å². The zero-order chi connectivity index (χ0) is 7.84. The van der Waals surface area contributed by atoms with E-state index in [4.69, 9.17) is 4.74 Å². The van der Waals surface area contributed by atoms with Crippen LogP contribution in [-0.2, 0) is 6.42 Å². The van der Waals surface area contributed by atoms with Crippen molar-refractivity contribution in [2.45, 2.75) is 12.5 Å². The van der Waals surface area contributed by atoms with Crippen molar-refractivity contribution in [3.63, 3.8) is 0 Å². The third-order valence-corrected chi connectivity index (χ3v) is 2.41. The van der Waals surface area contributed by atoms with Crippen molar-refractivity contribution in [2.75, 3.05) is 0 Å². The van der Waals surface area contributed by atoms with Crippen molar-refractivity contribution >= 4 is 15.9 Å². The summed E-state index contributed by atoms with van der Waals surface area (Å²) in [5.41, 5.74) is 1.25. The molecule has 1 radical (unpaired) electrons. The highest BCUT2D eigenvalue weighted by atomic mass is 79.9. The molecule has 1 aromatic carbocycles. The molecule has 0 saturated heterocycles. The monoisotopic (exact) mass is 211 g/mol. The highest BCUT2D eigenvalue weighted by Crippen LogP contribution is 2.35. The van der Waals surface area contributed by atoms with E-state index in [-0.39, 0.29) is 6.10 Å². The normalized spacial score (nSPS) is 21.1. The molecule has 0 N–H and O–H groups in total. The quantitative estimate of drug-likeness (QED) is 0.642. The Labute approximate surface area is 74.5 Å². The SMILES string of the molecule is [CH2]C1Cc2cccc(Br)c2O1. The largest absolute Gasteiger partial charge is 0.489 e. The van der Waals surface area contributed by atoms with E-state index >= 15 is 0 Å². The van der Waals surface area contributed by atoms with Crippen LogP contribution in [0.3, 0.4) is 0 Å². The molecule has 2 heteroatoms. The summed E-state index contributed by atoms with van der Waals surface area (Å²) in [6, 6.07) is 6.08. The maximum atomic E-state index is 5.48. The summed E-state index contributed by atoms with van der Waals surface area (Å²) < 4.78 is 6.51. The van der Waals surface area contributed by atoms with Gasteiger partial charge in [0.1, 0.15) is 11.9 Å². The van der Waals surface area contributed by atoms with E-state index in [9.17, 15) is 0 Å². The Kier molecular flexibility index (Phi) is 1.64. The van der Waals surface area contributed by atoms with Crippen LogP contribution in [0.2, 0.25) is 0 Å². The van der Waals surface area contributed by atoms with Crippen LogP contribution < -0.4 is 4.74 Å². The maximum Gasteiger partial charge on any atom is 0.137 e. The first kappa shape index (κ1) is 7.17. The smallest absolute Gasteiger partial charge is 0.137 e. The fourth-order valence-corrected chi connectivity index (χ4v) is 1.80. The van der Waals surface area contributed by atoms with Gasteiger partial charge in [0.25, 0.3) is 0 Å². The molecule has 1 aromatic rings. The molecule has 1 aliphatic rings.